The summed E-state index contributed by atoms with van der Waals surface area (Å²) in [6, 6.07) is 4.19. The first-order chi connectivity index (χ1) is 10.0. The van der Waals surface area contributed by atoms with Gasteiger partial charge in [0.1, 0.15) is 0 Å². The van der Waals surface area contributed by atoms with Crippen molar-refractivity contribution in [1.82, 2.24) is 9.80 Å². The van der Waals surface area contributed by atoms with E-state index in [1.807, 2.05) is 19.2 Å². The molecule has 2 aliphatic rings. The molecule has 1 saturated heterocycles. The second-order valence-corrected chi connectivity index (χ2v) is 8.11. The van der Waals surface area contributed by atoms with Crippen LogP contribution in [0.3, 0.4) is 0 Å². The van der Waals surface area contributed by atoms with Crippen LogP contribution in [-0.2, 0) is 11.3 Å². The van der Waals surface area contributed by atoms with Gasteiger partial charge in [-0.1, -0.05) is 11.6 Å². The first-order valence-electron chi connectivity index (χ1n) is 7.49. The van der Waals surface area contributed by atoms with Crippen molar-refractivity contribution < 1.29 is 4.79 Å². The predicted molar refractivity (Wildman–Crippen MR) is 93.7 cm³/mol. The molecule has 2 N–H and O–H groups in total. The van der Waals surface area contributed by atoms with E-state index < -0.39 is 0 Å². The van der Waals surface area contributed by atoms with Crippen molar-refractivity contribution in [1.29, 1.82) is 0 Å². The zero-order valence-corrected chi connectivity index (χ0v) is 15.1. The second-order valence-electron chi connectivity index (χ2n) is 6.31. The fourth-order valence-electron chi connectivity index (χ4n) is 3.60. The number of likely N-dealkylation sites (tertiary alicyclic amines) is 1. The number of likely N-dealkylation sites (N-methyl/N-ethyl adjacent to an activating group) is 1. The van der Waals surface area contributed by atoms with Crippen LogP contribution in [0.1, 0.15) is 17.7 Å². The van der Waals surface area contributed by atoms with Crippen molar-refractivity contribution in [2.24, 2.45) is 17.6 Å². The van der Waals surface area contributed by atoms with Gasteiger partial charge < -0.3 is 10.6 Å². The molecule has 1 aliphatic carbocycles. The van der Waals surface area contributed by atoms with E-state index in [4.69, 9.17) is 17.3 Å². The number of carbonyl (C=O) groups is 1. The van der Waals surface area contributed by atoms with Crippen LogP contribution in [0, 0.1) is 11.8 Å². The summed E-state index contributed by atoms with van der Waals surface area (Å²) in [6.45, 7) is 3.16. The van der Waals surface area contributed by atoms with Crippen molar-refractivity contribution in [2.45, 2.75) is 25.4 Å². The highest BCUT2D eigenvalue weighted by molar-refractivity contribution is 7.16. The Hall–Kier alpha value is -0.330. The summed E-state index contributed by atoms with van der Waals surface area (Å²) in [6.07, 6.45) is 2.37. The zero-order chi connectivity index (χ0) is 15.0. The largest absolute Gasteiger partial charge is 0.340 e. The average molecular weight is 364 g/mol. The number of fused-ring (bicyclic) bond motifs is 1. The Kier molecular flexibility index (Phi) is 6.14. The molecule has 0 spiro atoms. The fraction of sp³-hybridized carbons (Fsp3) is 0.667. The fourth-order valence-corrected chi connectivity index (χ4v) is 4.74. The van der Waals surface area contributed by atoms with Crippen molar-refractivity contribution in [3.63, 3.8) is 0 Å². The van der Waals surface area contributed by atoms with Crippen LogP contribution >= 0.6 is 35.3 Å². The Morgan fingerprint density at radius 2 is 2.23 bits per heavy atom. The molecule has 1 aromatic heterocycles. The Labute approximate surface area is 147 Å². The van der Waals surface area contributed by atoms with Gasteiger partial charge in [-0.05, 0) is 36.8 Å². The molecule has 4 nitrogen and oxygen atoms in total. The van der Waals surface area contributed by atoms with Gasteiger partial charge in [0.25, 0.3) is 0 Å². The van der Waals surface area contributed by atoms with Crippen LogP contribution in [0.15, 0.2) is 12.1 Å². The topological polar surface area (TPSA) is 49.6 Å². The van der Waals surface area contributed by atoms with Crippen LogP contribution in [0.2, 0.25) is 4.34 Å². The van der Waals surface area contributed by atoms with Gasteiger partial charge in [-0.15, -0.1) is 23.7 Å². The summed E-state index contributed by atoms with van der Waals surface area (Å²) >= 11 is 7.46. The lowest BCUT2D eigenvalue weighted by atomic mass is 9.98. The quantitative estimate of drug-likeness (QED) is 0.893. The molecule has 1 aliphatic heterocycles. The molecule has 3 atom stereocenters. The van der Waals surface area contributed by atoms with Crippen LogP contribution in [0.4, 0.5) is 0 Å². The predicted octanol–water partition coefficient (Wildman–Crippen LogP) is 2.45. The third-order valence-electron chi connectivity index (χ3n) is 4.79. The van der Waals surface area contributed by atoms with E-state index in [1.165, 1.54) is 17.8 Å². The van der Waals surface area contributed by atoms with Crippen molar-refractivity contribution in [3.8, 4) is 0 Å². The number of rotatable bonds is 4. The van der Waals surface area contributed by atoms with E-state index in [9.17, 15) is 4.79 Å². The van der Waals surface area contributed by atoms with E-state index in [-0.39, 0.29) is 18.3 Å². The first-order valence-corrected chi connectivity index (χ1v) is 8.68. The second kappa shape index (κ2) is 7.49. The minimum atomic E-state index is 0. The number of nitrogens with zero attached hydrogens (tertiary/aromatic N) is 2. The lowest BCUT2D eigenvalue weighted by molar-refractivity contribution is -0.131. The zero-order valence-electron chi connectivity index (χ0n) is 12.7. The monoisotopic (exact) mass is 363 g/mol. The summed E-state index contributed by atoms with van der Waals surface area (Å²) in [5.74, 6) is 1.47. The van der Waals surface area contributed by atoms with Crippen molar-refractivity contribution >= 4 is 41.3 Å². The molecule has 2 heterocycles. The Balaban J connectivity index is 0.00000176. The highest BCUT2D eigenvalue weighted by Gasteiger charge is 2.41. The van der Waals surface area contributed by atoms with Gasteiger partial charge in [-0.3, -0.25) is 9.69 Å². The number of hydrogen-bond acceptors (Lipinski definition) is 4. The number of amides is 1. The molecule has 124 valence electrons. The highest BCUT2D eigenvalue weighted by atomic mass is 35.5. The van der Waals surface area contributed by atoms with Gasteiger partial charge in [-0.2, -0.15) is 0 Å². The normalized spacial score (nSPS) is 27.5. The number of halogens is 2. The lowest BCUT2D eigenvalue weighted by Crippen LogP contribution is -2.38. The van der Waals surface area contributed by atoms with E-state index in [0.717, 1.165) is 28.7 Å². The van der Waals surface area contributed by atoms with E-state index in [1.54, 1.807) is 4.90 Å². The van der Waals surface area contributed by atoms with Gasteiger partial charge in [0, 0.05) is 31.1 Å². The maximum absolute atomic E-state index is 12.3. The molecule has 2 fully saturated rings. The molecule has 1 amide bonds. The minimum absolute atomic E-state index is 0. The van der Waals surface area contributed by atoms with Crippen LogP contribution < -0.4 is 5.73 Å². The third kappa shape index (κ3) is 3.95. The van der Waals surface area contributed by atoms with Gasteiger partial charge in [0.05, 0.1) is 17.4 Å². The molecule has 0 bridgehead atoms. The molecular formula is C15H23Cl2N3OS. The van der Waals surface area contributed by atoms with Gasteiger partial charge in [-0.25, -0.2) is 0 Å². The van der Waals surface area contributed by atoms with Crippen molar-refractivity contribution in [3.05, 3.63) is 21.3 Å². The number of hydrogen-bond donors (Lipinski definition) is 1. The smallest absolute Gasteiger partial charge is 0.236 e. The van der Waals surface area contributed by atoms with Crippen LogP contribution in [0.25, 0.3) is 0 Å². The summed E-state index contributed by atoms with van der Waals surface area (Å²) in [5.41, 5.74) is 6.14. The maximum Gasteiger partial charge on any atom is 0.236 e. The molecule has 0 radical (unpaired) electrons. The SMILES string of the molecule is CN(Cc1ccc(Cl)s1)C(=O)CN1CC2CCC(N)C2C1.Cl. The minimum Gasteiger partial charge on any atom is -0.340 e. The lowest BCUT2D eigenvalue weighted by Gasteiger charge is -2.22. The summed E-state index contributed by atoms with van der Waals surface area (Å²) in [5, 5.41) is 0. The molecule has 22 heavy (non-hydrogen) atoms. The third-order valence-corrected chi connectivity index (χ3v) is 6.01. The Morgan fingerprint density at radius 1 is 1.45 bits per heavy atom. The van der Waals surface area contributed by atoms with E-state index >= 15 is 0 Å². The summed E-state index contributed by atoms with van der Waals surface area (Å²) in [4.78, 5) is 17.5. The standard InChI is InChI=1S/C15H22ClN3OS.ClH/c1-18(7-11-3-5-14(16)21-11)15(20)9-19-6-10-2-4-13(17)12(10)8-19;/h3,5,10,12-13H,2,4,6-9,17H2,1H3;1H. The highest BCUT2D eigenvalue weighted by Crippen LogP contribution is 2.36. The summed E-state index contributed by atoms with van der Waals surface area (Å²) in [7, 11) is 1.86. The molecular weight excluding hydrogens is 341 g/mol. The number of thiophene rings is 1. The molecule has 0 aromatic carbocycles. The van der Waals surface area contributed by atoms with Gasteiger partial charge in [0.2, 0.25) is 5.91 Å². The molecule has 1 aromatic rings. The first kappa shape index (κ1) is 18.0. The number of nitrogens with two attached hydrogens (primary N) is 1. The Morgan fingerprint density at radius 3 is 2.86 bits per heavy atom. The average Bonchev–Trinajstić information content (AvgIpc) is 3.09. The molecule has 3 unspecified atom stereocenters. The summed E-state index contributed by atoms with van der Waals surface area (Å²) < 4.78 is 0.771. The van der Waals surface area contributed by atoms with E-state index in [0.29, 0.717) is 31.0 Å². The van der Waals surface area contributed by atoms with Crippen molar-refractivity contribution in [2.75, 3.05) is 26.7 Å². The molecule has 3 rings (SSSR count). The van der Waals surface area contributed by atoms with Gasteiger partial charge >= 0.3 is 0 Å². The van der Waals surface area contributed by atoms with Crippen LogP contribution in [0.5, 0.6) is 0 Å². The maximum atomic E-state index is 12.3. The van der Waals surface area contributed by atoms with Gasteiger partial charge in [0.15, 0.2) is 0 Å². The Bertz CT molecular complexity index is 525. The number of carbonyl (C=O) groups excluding carboxylic acids is 1. The van der Waals surface area contributed by atoms with Crippen LogP contribution in [-0.4, -0.2) is 48.4 Å². The molecule has 7 heteroatoms. The molecule has 1 saturated carbocycles. The van der Waals surface area contributed by atoms with E-state index in [2.05, 4.69) is 4.90 Å².